The average molecular weight is 300 g/mol. The van der Waals surface area contributed by atoms with Gasteiger partial charge in [-0.25, -0.2) is 13.6 Å². The summed E-state index contributed by atoms with van der Waals surface area (Å²) < 4.78 is 28.2. The van der Waals surface area contributed by atoms with Crippen molar-refractivity contribution in [1.82, 2.24) is 4.90 Å². The van der Waals surface area contributed by atoms with Crippen molar-refractivity contribution >= 4 is 15.9 Å². The lowest BCUT2D eigenvalue weighted by atomic mass is 10.0. The van der Waals surface area contributed by atoms with Crippen LogP contribution in [0.4, 0.5) is 0 Å². The van der Waals surface area contributed by atoms with Crippen LogP contribution in [-0.2, 0) is 14.8 Å². The zero-order valence-corrected chi connectivity index (χ0v) is 12.9. The molecule has 0 saturated carbocycles. The van der Waals surface area contributed by atoms with Gasteiger partial charge < -0.3 is 9.64 Å². The highest BCUT2D eigenvalue weighted by Crippen LogP contribution is 2.28. The summed E-state index contributed by atoms with van der Waals surface area (Å²) >= 11 is 0. The molecule has 0 spiro atoms. The largest absolute Gasteiger partial charge is 0.483 e. The summed E-state index contributed by atoms with van der Waals surface area (Å²) in [6.07, 6.45) is 0. The summed E-state index contributed by atoms with van der Waals surface area (Å²) in [5, 5.41) is 5.11. The third-order valence-electron chi connectivity index (χ3n) is 2.78. The van der Waals surface area contributed by atoms with E-state index < -0.39 is 10.0 Å². The quantitative estimate of drug-likeness (QED) is 0.875. The van der Waals surface area contributed by atoms with Crippen LogP contribution in [0.2, 0.25) is 0 Å². The maximum Gasteiger partial charge on any atom is 0.259 e. The smallest absolute Gasteiger partial charge is 0.259 e. The first kappa shape index (κ1) is 16.5. The van der Waals surface area contributed by atoms with E-state index in [4.69, 9.17) is 9.88 Å². The minimum atomic E-state index is -3.75. The van der Waals surface area contributed by atoms with Crippen molar-refractivity contribution in [2.45, 2.75) is 24.7 Å². The van der Waals surface area contributed by atoms with Crippen molar-refractivity contribution in [3.63, 3.8) is 0 Å². The van der Waals surface area contributed by atoms with E-state index in [2.05, 4.69) is 0 Å². The lowest BCUT2D eigenvalue weighted by Crippen LogP contribution is -2.27. The highest BCUT2D eigenvalue weighted by molar-refractivity contribution is 7.89. The van der Waals surface area contributed by atoms with Crippen molar-refractivity contribution in [1.29, 1.82) is 0 Å². The van der Waals surface area contributed by atoms with E-state index in [9.17, 15) is 13.2 Å². The number of amides is 1. The number of benzene rings is 1. The molecule has 0 saturated heterocycles. The molecule has 1 amide bonds. The van der Waals surface area contributed by atoms with Gasteiger partial charge in [-0.3, -0.25) is 4.79 Å². The van der Waals surface area contributed by atoms with Gasteiger partial charge in [0.05, 0.1) is 4.90 Å². The van der Waals surface area contributed by atoms with Crippen LogP contribution in [0.25, 0.3) is 0 Å². The minimum Gasteiger partial charge on any atom is -0.483 e. The lowest BCUT2D eigenvalue weighted by molar-refractivity contribution is -0.130. The molecule has 112 valence electrons. The molecule has 0 atom stereocenters. The van der Waals surface area contributed by atoms with E-state index in [1.54, 1.807) is 14.1 Å². The van der Waals surface area contributed by atoms with Crippen molar-refractivity contribution < 1.29 is 17.9 Å². The monoisotopic (exact) mass is 300 g/mol. The fraction of sp³-hybridized carbons (Fsp3) is 0.462. The molecule has 2 N–H and O–H groups in total. The Hall–Kier alpha value is -1.60. The van der Waals surface area contributed by atoms with Crippen LogP contribution in [-0.4, -0.2) is 39.9 Å². The van der Waals surface area contributed by atoms with E-state index in [-0.39, 0.29) is 23.3 Å². The third-order valence-corrected chi connectivity index (χ3v) is 3.69. The van der Waals surface area contributed by atoms with Crippen LogP contribution in [0, 0.1) is 0 Å². The molecule has 0 aliphatic rings. The van der Waals surface area contributed by atoms with Gasteiger partial charge in [-0.2, -0.15) is 0 Å². The van der Waals surface area contributed by atoms with Crippen LogP contribution in [0.3, 0.4) is 0 Å². The van der Waals surface area contributed by atoms with E-state index in [1.165, 1.54) is 23.1 Å². The second-order valence-corrected chi connectivity index (χ2v) is 6.54. The second-order valence-electron chi connectivity index (χ2n) is 4.98. The van der Waals surface area contributed by atoms with Crippen LogP contribution in [0.5, 0.6) is 5.75 Å². The van der Waals surface area contributed by atoms with Crippen molar-refractivity contribution in [2.24, 2.45) is 5.14 Å². The Morgan fingerprint density at radius 3 is 2.40 bits per heavy atom. The van der Waals surface area contributed by atoms with Gasteiger partial charge in [0.1, 0.15) is 5.75 Å². The lowest BCUT2D eigenvalue weighted by Gasteiger charge is -2.16. The van der Waals surface area contributed by atoms with E-state index in [0.717, 1.165) is 0 Å². The number of likely N-dealkylation sites (N-methyl/N-ethyl adjacent to an activating group) is 1. The maximum absolute atomic E-state index is 11.5. The van der Waals surface area contributed by atoms with Crippen LogP contribution in [0.15, 0.2) is 23.1 Å². The number of nitrogens with zero attached hydrogens (tertiary/aromatic N) is 1. The van der Waals surface area contributed by atoms with Gasteiger partial charge in [0.2, 0.25) is 10.0 Å². The maximum atomic E-state index is 11.5. The number of ether oxygens (including phenoxy) is 1. The molecule has 0 fully saturated rings. The van der Waals surface area contributed by atoms with Crippen molar-refractivity contribution in [2.75, 3.05) is 20.7 Å². The molecule has 7 heteroatoms. The molecule has 0 aliphatic carbocycles. The first-order valence-electron chi connectivity index (χ1n) is 6.12. The molecule has 0 aromatic heterocycles. The number of hydrogen-bond acceptors (Lipinski definition) is 4. The normalized spacial score (nSPS) is 11.5. The van der Waals surface area contributed by atoms with E-state index >= 15 is 0 Å². The minimum absolute atomic E-state index is 0.0347. The molecule has 0 unspecified atom stereocenters. The molecule has 20 heavy (non-hydrogen) atoms. The van der Waals surface area contributed by atoms with Gasteiger partial charge in [-0.1, -0.05) is 13.8 Å². The fourth-order valence-electron chi connectivity index (χ4n) is 1.55. The van der Waals surface area contributed by atoms with E-state index in [0.29, 0.717) is 11.3 Å². The summed E-state index contributed by atoms with van der Waals surface area (Å²) in [4.78, 5) is 13.0. The number of carbonyl (C=O) groups excluding carboxylic acids is 1. The first-order valence-corrected chi connectivity index (χ1v) is 7.67. The number of sulfonamides is 1. The number of primary sulfonamides is 1. The molecule has 1 aromatic carbocycles. The Balaban J connectivity index is 3.06. The number of carbonyl (C=O) groups is 1. The molecule has 0 heterocycles. The number of hydrogen-bond donors (Lipinski definition) is 1. The summed E-state index contributed by atoms with van der Waals surface area (Å²) in [7, 11) is -0.475. The van der Waals surface area contributed by atoms with Gasteiger partial charge in [0, 0.05) is 14.1 Å². The van der Waals surface area contributed by atoms with Gasteiger partial charge in [0.25, 0.3) is 5.91 Å². The van der Waals surface area contributed by atoms with Crippen molar-refractivity contribution in [3.8, 4) is 5.75 Å². The molecular weight excluding hydrogens is 280 g/mol. The molecule has 0 radical (unpaired) electrons. The summed E-state index contributed by atoms with van der Waals surface area (Å²) in [6, 6.07) is 4.38. The zero-order valence-electron chi connectivity index (χ0n) is 12.1. The molecule has 1 rings (SSSR count). The van der Waals surface area contributed by atoms with Crippen LogP contribution < -0.4 is 9.88 Å². The van der Waals surface area contributed by atoms with Gasteiger partial charge in [-0.05, 0) is 29.7 Å². The van der Waals surface area contributed by atoms with Gasteiger partial charge in [-0.15, -0.1) is 0 Å². The predicted octanol–water partition coefficient (Wildman–Crippen LogP) is 0.924. The van der Waals surface area contributed by atoms with Crippen molar-refractivity contribution in [3.05, 3.63) is 23.8 Å². The Morgan fingerprint density at radius 1 is 1.35 bits per heavy atom. The van der Waals surface area contributed by atoms with Gasteiger partial charge in [0.15, 0.2) is 6.61 Å². The summed E-state index contributed by atoms with van der Waals surface area (Å²) in [5.41, 5.74) is 0.697. The number of rotatable bonds is 5. The summed E-state index contributed by atoms with van der Waals surface area (Å²) in [6.45, 7) is 3.72. The zero-order chi connectivity index (χ0) is 15.5. The Bertz CT molecular complexity index is 594. The van der Waals surface area contributed by atoms with Gasteiger partial charge >= 0.3 is 0 Å². The van der Waals surface area contributed by atoms with Crippen LogP contribution >= 0.6 is 0 Å². The second kappa shape index (κ2) is 6.23. The topological polar surface area (TPSA) is 89.7 Å². The Kier molecular flexibility index (Phi) is 5.13. The van der Waals surface area contributed by atoms with Crippen LogP contribution in [0.1, 0.15) is 25.3 Å². The molecule has 6 nitrogen and oxygen atoms in total. The molecule has 1 aromatic rings. The predicted molar refractivity (Wildman–Crippen MR) is 76.1 cm³/mol. The molecular formula is C13H20N2O4S. The highest BCUT2D eigenvalue weighted by atomic mass is 32.2. The SMILES string of the molecule is CC(C)c1cc(S(N)(=O)=O)ccc1OCC(=O)N(C)C. The molecule has 0 aliphatic heterocycles. The fourth-order valence-corrected chi connectivity index (χ4v) is 2.10. The highest BCUT2D eigenvalue weighted by Gasteiger charge is 2.15. The summed E-state index contributed by atoms with van der Waals surface area (Å²) in [5.74, 6) is 0.360. The Labute approximate surface area is 119 Å². The Morgan fingerprint density at radius 2 is 1.95 bits per heavy atom. The number of nitrogens with two attached hydrogens (primary N) is 1. The third kappa shape index (κ3) is 4.21. The molecule has 0 bridgehead atoms. The standard InChI is InChI=1S/C13H20N2O4S/c1-9(2)11-7-10(20(14,17)18)5-6-12(11)19-8-13(16)15(3)4/h5-7,9H,8H2,1-4H3,(H2,14,17,18). The first-order chi connectivity index (χ1) is 9.12. The van der Waals surface area contributed by atoms with E-state index in [1.807, 2.05) is 13.8 Å². The average Bonchev–Trinajstić information content (AvgIpc) is 2.34.